The molecular weight excluding hydrogens is 408 g/mol. The summed E-state index contributed by atoms with van der Waals surface area (Å²) < 4.78 is 0. The minimum atomic E-state index is -0.881. The molecule has 1 saturated heterocycles. The molecule has 2 aromatic rings. The van der Waals surface area contributed by atoms with E-state index in [2.05, 4.69) is 20.2 Å². The average Bonchev–Trinajstić information content (AvgIpc) is 3.59. The van der Waals surface area contributed by atoms with Gasteiger partial charge in [0.2, 0.25) is 0 Å². The largest absolute Gasteiger partial charge is 0.388 e. The third-order valence-electron chi connectivity index (χ3n) is 5.48. The Kier molecular flexibility index (Phi) is 5.99. The number of thioether (sulfide) groups is 1. The first-order chi connectivity index (χ1) is 13.9. The van der Waals surface area contributed by atoms with Crippen molar-refractivity contribution in [2.24, 2.45) is 5.92 Å². The van der Waals surface area contributed by atoms with Gasteiger partial charge < -0.3 is 15.3 Å². The van der Waals surface area contributed by atoms with Crippen LogP contribution in [0.1, 0.15) is 30.3 Å². The molecule has 0 unspecified atom stereocenters. The average molecular weight is 433 g/mol. The van der Waals surface area contributed by atoms with Crippen molar-refractivity contribution < 1.29 is 9.90 Å². The van der Waals surface area contributed by atoms with Crippen molar-refractivity contribution in [3.05, 3.63) is 41.2 Å². The molecule has 1 aromatic carbocycles. The van der Waals surface area contributed by atoms with Crippen LogP contribution in [0.25, 0.3) is 11.3 Å². The fourth-order valence-electron chi connectivity index (χ4n) is 3.50. The minimum Gasteiger partial charge on any atom is -0.388 e. The van der Waals surface area contributed by atoms with Crippen LogP contribution in [0.5, 0.6) is 0 Å². The molecule has 2 N–H and O–H groups in total. The number of aliphatic hydroxyl groups is 1. The van der Waals surface area contributed by atoms with E-state index in [0.717, 1.165) is 48.8 Å². The Morgan fingerprint density at radius 3 is 2.66 bits per heavy atom. The topological polar surface area (TPSA) is 78.3 Å². The van der Waals surface area contributed by atoms with Gasteiger partial charge in [0.1, 0.15) is 11.4 Å². The van der Waals surface area contributed by atoms with Gasteiger partial charge in [-0.3, -0.25) is 4.79 Å². The summed E-state index contributed by atoms with van der Waals surface area (Å²) in [6.45, 7) is 3.78. The highest BCUT2D eigenvalue weighted by molar-refractivity contribution is 7.99. The number of rotatable bonds is 6. The first-order valence-electron chi connectivity index (χ1n) is 9.90. The van der Waals surface area contributed by atoms with E-state index in [9.17, 15) is 9.90 Å². The van der Waals surface area contributed by atoms with Crippen molar-refractivity contribution in [2.45, 2.75) is 25.4 Å². The number of benzene rings is 1. The molecule has 29 heavy (non-hydrogen) atoms. The van der Waals surface area contributed by atoms with E-state index in [4.69, 9.17) is 11.6 Å². The molecule has 2 aliphatic rings. The van der Waals surface area contributed by atoms with E-state index in [-0.39, 0.29) is 24.1 Å². The Morgan fingerprint density at radius 1 is 1.31 bits per heavy atom. The van der Waals surface area contributed by atoms with Crippen LogP contribution in [0, 0.1) is 5.92 Å². The van der Waals surface area contributed by atoms with Crippen LogP contribution in [0.2, 0.25) is 5.02 Å². The van der Waals surface area contributed by atoms with Gasteiger partial charge in [-0.25, -0.2) is 9.97 Å². The van der Waals surface area contributed by atoms with Crippen LogP contribution < -0.4 is 10.2 Å². The van der Waals surface area contributed by atoms with Crippen molar-refractivity contribution >= 4 is 35.1 Å². The standard InChI is InChI=1S/C21H25ClN4O2S/c1-21(28,15-4-5-15)13-24-20(27)17-12-23-19(26-8-10-29-11-9-26)18(25-17)14-2-6-16(22)7-3-14/h2-3,6-7,12,15,28H,4-5,8-11,13H2,1H3,(H,24,27)/t21-/m0/s1. The normalized spacial score (nSPS) is 18.9. The molecule has 1 atom stereocenters. The molecule has 0 bridgehead atoms. The lowest BCUT2D eigenvalue weighted by Crippen LogP contribution is -2.42. The Morgan fingerprint density at radius 2 is 2.00 bits per heavy atom. The molecule has 4 rings (SSSR count). The van der Waals surface area contributed by atoms with E-state index < -0.39 is 5.60 Å². The number of nitrogens with zero attached hydrogens (tertiary/aromatic N) is 3. The quantitative estimate of drug-likeness (QED) is 0.729. The molecule has 1 amide bonds. The van der Waals surface area contributed by atoms with Crippen LogP contribution in [0.3, 0.4) is 0 Å². The van der Waals surface area contributed by atoms with Crippen molar-refractivity contribution in [3.8, 4) is 11.3 Å². The molecule has 6 nitrogen and oxygen atoms in total. The lowest BCUT2D eigenvalue weighted by Gasteiger charge is -2.29. The molecule has 1 aliphatic carbocycles. The molecule has 0 spiro atoms. The van der Waals surface area contributed by atoms with Gasteiger partial charge in [0, 0.05) is 41.7 Å². The monoisotopic (exact) mass is 432 g/mol. The Hall–Kier alpha value is -1.83. The smallest absolute Gasteiger partial charge is 0.271 e. The SMILES string of the molecule is C[C@](O)(CNC(=O)c1cnc(N2CCSCC2)c(-c2ccc(Cl)cc2)n1)C1CC1. The summed E-state index contributed by atoms with van der Waals surface area (Å²) in [6.07, 6.45) is 3.54. The highest BCUT2D eigenvalue weighted by atomic mass is 35.5. The van der Waals surface area contributed by atoms with Gasteiger partial charge in [-0.1, -0.05) is 23.7 Å². The number of carbonyl (C=O) groups is 1. The lowest BCUT2D eigenvalue weighted by atomic mass is 10.0. The van der Waals surface area contributed by atoms with Crippen LogP contribution in [0.15, 0.2) is 30.5 Å². The predicted molar refractivity (Wildman–Crippen MR) is 118 cm³/mol. The van der Waals surface area contributed by atoms with E-state index in [1.54, 1.807) is 6.92 Å². The van der Waals surface area contributed by atoms with Crippen LogP contribution in [0.4, 0.5) is 5.82 Å². The number of aromatic nitrogens is 2. The lowest BCUT2D eigenvalue weighted by molar-refractivity contribution is 0.0353. The van der Waals surface area contributed by atoms with E-state index in [1.807, 2.05) is 36.0 Å². The van der Waals surface area contributed by atoms with Crippen molar-refractivity contribution in [1.29, 1.82) is 0 Å². The molecule has 2 fully saturated rings. The number of halogens is 1. The van der Waals surface area contributed by atoms with Gasteiger partial charge in [-0.05, 0) is 37.8 Å². The number of hydrogen-bond acceptors (Lipinski definition) is 6. The van der Waals surface area contributed by atoms with Gasteiger partial charge in [0.25, 0.3) is 5.91 Å². The maximum atomic E-state index is 12.7. The van der Waals surface area contributed by atoms with Crippen LogP contribution in [-0.4, -0.2) is 57.7 Å². The zero-order valence-corrected chi connectivity index (χ0v) is 18.0. The summed E-state index contributed by atoms with van der Waals surface area (Å²) in [7, 11) is 0. The second-order valence-corrected chi connectivity index (χ2v) is 9.51. The summed E-state index contributed by atoms with van der Waals surface area (Å²) >= 11 is 7.97. The van der Waals surface area contributed by atoms with Crippen molar-refractivity contribution in [2.75, 3.05) is 36.0 Å². The maximum Gasteiger partial charge on any atom is 0.271 e. The number of hydrogen-bond donors (Lipinski definition) is 2. The third-order valence-corrected chi connectivity index (χ3v) is 6.67. The Labute approximate surface area is 180 Å². The summed E-state index contributed by atoms with van der Waals surface area (Å²) in [5.41, 5.74) is 0.912. The highest BCUT2D eigenvalue weighted by Gasteiger charge is 2.40. The summed E-state index contributed by atoms with van der Waals surface area (Å²) in [5.74, 6) is 2.81. The minimum absolute atomic E-state index is 0.208. The predicted octanol–water partition coefficient (Wildman–Crippen LogP) is 3.24. The molecule has 2 heterocycles. The number of carbonyl (C=O) groups excluding carboxylic acids is 1. The molecule has 154 valence electrons. The number of anilines is 1. The molecule has 1 saturated carbocycles. The zero-order chi connectivity index (χ0) is 20.4. The van der Waals surface area contributed by atoms with E-state index >= 15 is 0 Å². The molecule has 0 radical (unpaired) electrons. The van der Waals surface area contributed by atoms with Gasteiger partial charge in [0.05, 0.1) is 11.8 Å². The van der Waals surface area contributed by atoms with Crippen LogP contribution in [-0.2, 0) is 0 Å². The highest BCUT2D eigenvalue weighted by Crippen LogP contribution is 2.39. The van der Waals surface area contributed by atoms with Gasteiger partial charge >= 0.3 is 0 Å². The number of nitrogens with one attached hydrogen (secondary N) is 1. The van der Waals surface area contributed by atoms with Gasteiger partial charge in [-0.2, -0.15) is 11.8 Å². The van der Waals surface area contributed by atoms with Gasteiger partial charge in [0.15, 0.2) is 5.82 Å². The molecule has 1 aliphatic heterocycles. The second-order valence-electron chi connectivity index (χ2n) is 7.85. The third kappa shape index (κ3) is 4.85. The molecule has 1 aromatic heterocycles. The van der Waals surface area contributed by atoms with Crippen LogP contribution >= 0.6 is 23.4 Å². The number of amides is 1. The summed E-state index contributed by atoms with van der Waals surface area (Å²) in [5, 5.41) is 13.9. The molecule has 8 heteroatoms. The van der Waals surface area contributed by atoms with Crippen molar-refractivity contribution in [1.82, 2.24) is 15.3 Å². The molecular formula is C21H25ClN4O2S. The first kappa shape index (κ1) is 20.4. The van der Waals surface area contributed by atoms with E-state index in [0.29, 0.717) is 10.7 Å². The zero-order valence-electron chi connectivity index (χ0n) is 16.4. The maximum absolute atomic E-state index is 12.7. The fraction of sp³-hybridized carbons (Fsp3) is 0.476. The van der Waals surface area contributed by atoms with Crippen molar-refractivity contribution in [3.63, 3.8) is 0 Å². The summed E-state index contributed by atoms with van der Waals surface area (Å²) in [4.78, 5) is 24.2. The fourth-order valence-corrected chi connectivity index (χ4v) is 4.53. The second kappa shape index (κ2) is 8.50. The van der Waals surface area contributed by atoms with E-state index in [1.165, 1.54) is 6.20 Å². The first-order valence-corrected chi connectivity index (χ1v) is 11.4. The summed E-state index contributed by atoms with van der Waals surface area (Å²) in [6, 6.07) is 7.42. The van der Waals surface area contributed by atoms with Gasteiger partial charge in [-0.15, -0.1) is 0 Å². The Balaban J connectivity index is 1.60. The Bertz CT molecular complexity index is 881.